The van der Waals surface area contributed by atoms with Crippen molar-refractivity contribution in [3.05, 3.63) is 106 Å². The first-order valence-corrected chi connectivity index (χ1v) is 8.68. The van der Waals surface area contributed by atoms with Gasteiger partial charge in [0, 0.05) is 29.3 Å². The molecule has 0 radical (unpaired) electrons. The van der Waals surface area contributed by atoms with Crippen LogP contribution in [0, 0.1) is 10.1 Å². The van der Waals surface area contributed by atoms with Crippen molar-refractivity contribution in [2.24, 2.45) is 5.10 Å². The molecule has 1 amide bonds. The maximum absolute atomic E-state index is 12.3. The molecule has 8 nitrogen and oxygen atoms in total. The van der Waals surface area contributed by atoms with Gasteiger partial charge in [0.2, 0.25) is 12.3 Å². The van der Waals surface area contributed by atoms with E-state index in [9.17, 15) is 19.7 Å². The van der Waals surface area contributed by atoms with Crippen LogP contribution in [0.1, 0.15) is 26.3 Å². The normalized spacial score (nSPS) is 10.6. The molecule has 3 aromatic rings. The number of pyridine rings is 1. The summed E-state index contributed by atoms with van der Waals surface area (Å²) in [6.07, 6.45) is 4.57. The molecule has 0 aliphatic rings. The lowest BCUT2D eigenvalue weighted by Gasteiger charge is -2.01. The number of nitrogens with one attached hydrogen (secondary N) is 1. The molecule has 0 aliphatic heterocycles. The van der Waals surface area contributed by atoms with Crippen LogP contribution >= 0.6 is 0 Å². The van der Waals surface area contributed by atoms with E-state index in [0.29, 0.717) is 16.7 Å². The highest BCUT2D eigenvalue weighted by Gasteiger charge is 2.14. The minimum atomic E-state index is -0.505. The number of carbonyl (C=O) groups excluding carboxylic acids is 2. The monoisotopic (exact) mass is 389 g/mol. The van der Waals surface area contributed by atoms with Crippen molar-refractivity contribution in [2.45, 2.75) is 6.54 Å². The van der Waals surface area contributed by atoms with Gasteiger partial charge in [-0.1, -0.05) is 42.5 Å². The number of amides is 1. The van der Waals surface area contributed by atoms with Crippen LogP contribution in [-0.2, 0) is 6.54 Å². The first-order valence-electron chi connectivity index (χ1n) is 8.68. The first kappa shape index (κ1) is 19.6. The van der Waals surface area contributed by atoms with Crippen molar-refractivity contribution in [2.75, 3.05) is 0 Å². The van der Waals surface area contributed by atoms with Crippen molar-refractivity contribution in [3.8, 4) is 0 Å². The van der Waals surface area contributed by atoms with Gasteiger partial charge in [-0.15, -0.1) is 0 Å². The number of rotatable bonds is 7. The third-order valence-corrected chi connectivity index (χ3v) is 4.00. The lowest BCUT2D eigenvalue weighted by Crippen LogP contribution is -2.38. The molecule has 1 aromatic heterocycles. The maximum atomic E-state index is 12.3. The molecule has 0 spiro atoms. The Labute approximate surface area is 166 Å². The molecule has 0 bridgehead atoms. The summed E-state index contributed by atoms with van der Waals surface area (Å²) in [6, 6.07) is 18.0. The van der Waals surface area contributed by atoms with Gasteiger partial charge in [0.05, 0.1) is 11.1 Å². The molecule has 2 aromatic carbocycles. The van der Waals surface area contributed by atoms with Gasteiger partial charge in [-0.05, 0) is 6.07 Å². The van der Waals surface area contributed by atoms with E-state index in [0.717, 1.165) is 0 Å². The number of nitro groups is 1. The lowest BCUT2D eigenvalue weighted by molar-refractivity contribution is -0.683. The third kappa shape index (κ3) is 5.39. The van der Waals surface area contributed by atoms with E-state index in [1.807, 2.05) is 6.07 Å². The smallest absolute Gasteiger partial charge is 0.277 e. The van der Waals surface area contributed by atoms with Gasteiger partial charge in [0.25, 0.3) is 11.6 Å². The number of nitrogens with zero attached hydrogens (tertiary/aromatic N) is 3. The zero-order valence-electron chi connectivity index (χ0n) is 15.3. The summed E-state index contributed by atoms with van der Waals surface area (Å²) in [7, 11) is 0. The van der Waals surface area contributed by atoms with Gasteiger partial charge in [-0.3, -0.25) is 19.7 Å². The van der Waals surface area contributed by atoms with E-state index in [-0.39, 0.29) is 18.0 Å². The van der Waals surface area contributed by atoms with E-state index in [2.05, 4.69) is 10.5 Å². The SMILES string of the molecule is O=C(C[n+]1cccc(C(=O)N/N=C\c2cccc([N+](=O)[O-])c2)c1)c1ccccc1. The van der Waals surface area contributed by atoms with Crippen LogP contribution in [0.3, 0.4) is 0 Å². The zero-order chi connectivity index (χ0) is 20.6. The van der Waals surface area contributed by atoms with Crippen molar-refractivity contribution in [1.29, 1.82) is 0 Å². The number of hydrogen-bond donors (Lipinski definition) is 1. The van der Waals surface area contributed by atoms with Crippen LogP contribution in [0.25, 0.3) is 0 Å². The average molecular weight is 389 g/mol. The Bertz CT molecular complexity index is 1080. The van der Waals surface area contributed by atoms with Crippen LogP contribution in [0.4, 0.5) is 5.69 Å². The van der Waals surface area contributed by atoms with Crippen LogP contribution < -0.4 is 9.99 Å². The van der Waals surface area contributed by atoms with E-state index in [4.69, 9.17) is 0 Å². The lowest BCUT2D eigenvalue weighted by atomic mass is 10.1. The van der Waals surface area contributed by atoms with Gasteiger partial charge in [-0.25, -0.2) is 5.43 Å². The average Bonchev–Trinajstić information content (AvgIpc) is 2.74. The summed E-state index contributed by atoms with van der Waals surface area (Å²) < 4.78 is 1.62. The van der Waals surface area contributed by atoms with Crippen LogP contribution in [0.2, 0.25) is 0 Å². The number of hydrogen-bond acceptors (Lipinski definition) is 5. The quantitative estimate of drug-likeness (QED) is 0.220. The molecule has 8 heteroatoms. The van der Waals surface area contributed by atoms with Gasteiger partial charge in [0.1, 0.15) is 5.56 Å². The standard InChI is InChI=1S/C21H16N4O4/c26-20(17-7-2-1-3-8-17)15-24-11-5-9-18(14-24)21(27)23-22-13-16-6-4-10-19(12-16)25(28)29/h1-14H,15H2/p+1/b22-13-. The second-order valence-corrected chi connectivity index (χ2v) is 6.11. The first-order chi connectivity index (χ1) is 14.0. The van der Waals surface area contributed by atoms with E-state index >= 15 is 0 Å². The Balaban J connectivity index is 1.64. The van der Waals surface area contributed by atoms with Crippen LogP contribution in [0.15, 0.2) is 84.2 Å². The fourth-order valence-corrected chi connectivity index (χ4v) is 2.58. The number of ketones is 1. The molecule has 144 valence electrons. The second kappa shape index (κ2) is 9.14. The van der Waals surface area contributed by atoms with Gasteiger partial charge in [-0.2, -0.15) is 9.67 Å². The topological polar surface area (TPSA) is 106 Å². The molecule has 29 heavy (non-hydrogen) atoms. The number of non-ortho nitro benzene ring substituents is 1. The summed E-state index contributed by atoms with van der Waals surface area (Å²) in [4.78, 5) is 34.9. The molecule has 0 aliphatic carbocycles. The molecule has 0 fully saturated rings. The highest BCUT2D eigenvalue weighted by molar-refractivity contribution is 5.95. The fourth-order valence-electron chi connectivity index (χ4n) is 2.58. The predicted octanol–water partition coefficient (Wildman–Crippen LogP) is 2.53. The molecule has 0 atom stereocenters. The molecule has 0 saturated heterocycles. The van der Waals surface area contributed by atoms with Gasteiger partial charge in [0.15, 0.2) is 12.4 Å². The highest BCUT2D eigenvalue weighted by atomic mass is 16.6. The fraction of sp³-hybridized carbons (Fsp3) is 0.0476. The molecule has 1 N–H and O–H groups in total. The van der Waals surface area contributed by atoms with Crippen molar-refractivity contribution in [3.63, 3.8) is 0 Å². The molecular weight excluding hydrogens is 372 g/mol. The van der Waals surface area contributed by atoms with E-state index in [1.165, 1.54) is 24.4 Å². The number of aromatic nitrogens is 1. The maximum Gasteiger partial charge on any atom is 0.277 e. The number of nitro benzene ring substituents is 1. The summed E-state index contributed by atoms with van der Waals surface area (Å²) >= 11 is 0. The summed E-state index contributed by atoms with van der Waals surface area (Å²) in [5.41, 5.74) is 3.71. The number of Topliss-reactive ketones (excluding diaryl/α,β-unsaturated/α-hetero) is 1. The van der Waals surface area contributed by atoms with Crippen molar-refractivity contribution < 1.29 is 19.1 Å². The molecule has 1 heterocycles. The zero-order valence-corrected chi connectivity index (χ0v) is 15.3. The molecular formula is C21H17N4O4+. The van der Waals surface area contributed by atoms with Gasteiger partial charge >= 0.3 is 0 Å². The Morgan fingerprint density at radius 3 is 2.55 bits per heavy atom. The van der Waals surface area contributed by atoms with Crippen molar-refractivity contribution in [1.82, 2.24) is 5.43 Å². The minimum Gasteiger partial charge on any atom is -0.287 e. The minimum absolute atomic E-state index is 0.0625. The summed E-state index contributed by atoms with van der Waals surface area (Å²) in [5, 5.41) is 14.6. The van der Waals surface area contributed by atoms with E-state index in [1.54, 1.807) is 59.4 Å². The van der Waals surface area contributed by atoms with Gasteiger partial charge < -0.3 is 0 Å². The number of hydrazone groups is 1. The predicted molar refractivity (Wildman–Crippen MR) is 106 cm³/mol. The Kier molecular flexibility index (Phi) is 6.16. The highest BCUT2D eigenvalue weighted by Crippen LogP contribution is 2.11. The molecule has 0 saturated carbocycles. The number of benzene rings is 2. The van der Waals surface area contributed by atoms with Crippen LogP contribution in [-0.4, -0.2) is 22.8 Å². The largest absolute Gasteiger partial charge is 0.287 e. The van der Waals surface area contributed by atoms with Crippen LogP contribution in [0.5, 0.6) is 0 Å². The Morgan fingerprint density at radius 2 is 1.79 bits per heavy atom. The summed E-state index contributed by atoms with van der Waals surface area (Å²) in [5.74, 6) is -0.537. The second-order valence-electron chi connectivity index (χ2n) is 6.11. The molecule has 0 unspecified atom stereocenters. The van der Waals surface area contributed by atoms with Crippen molar-refractivity contribution >= 4 is 23.6 Å². The number of carbonyl (C=O) groups is 2. The summed E-state index contributed by atoms with van der Waals surface area (Å²) in [6.45, 7) is 0.0993. The Morgan fingerprint density at radius 1 is 1.03 bits per heavy atom. The molecule has 3 rings (SSSR count). The van der Waals surface area contributed by atoms with E-state index < -0.39 is 10.8 Å². The third-order valence-electron chi connectivity index (χ3n) is 4.00. The Hall–Kier alpha value is -4.20.